The minimum absolute atomic E-state index is 0.175. The van der Waals surface area contributed by atoms with Crippen LogP contribution < -0.4 is 5.56 Å². The number of benzene rings is 1. The zero-order valence-electron chi connectivity index (χ0n) is 15.4. The van der Waals surface area contributed by atoms with Crippen LogP contribution in [0.4, 0.5) is 13.2 Å². The SMILES string of the molecule is Cc1ccc2cc(CN(C(=O)C(F)(F)F)C3CCCCC3)c(=O)[nH]c2c1C. The van der Waals surface area contributed by atoms with Gasteiger partial charge in [-0.15, -0.1) is 0 Å². The van der Waals surface area contributed by atoms with Crippen LogP contribution in [0, 0.1) is 13.8 Å². The van der Waals surface area contributed by atoms with Gasteiger partial charge >= 0.3 is 12.1 Å². The van der Waals surface area contributed by atoms with E-state index in [4.69, 9.17) is 0 Å². The quantitative estimate of drug-likeness (QED) is 0.860. The van der Waals surface area contributed by atoms with E-state index in [1.807, 2.05) is 26.0 Å². The Balaban J connectivity index is 2.00. The number of aromatic amines is 1. The predicted molar refractivity (Wildman–Crippen MR) is 97.5 cm³/mol. The van der Waals surface area contributed by atoms with E-state index in [0.29, 0.717) is 18.4 Å². The zero-order chi connectivity index (χ0) is 19.8. The summed E-state index contributed by atoms with van der Waals surface area (Å²) in [6.07, 6.45) is -1.34. The molecule has 146 valence electrons. The topological polar surface area (TPSA) is 53.2 Å². The molecule has 1 heterocycles. The van der Waals surface area contributed by atoms with Gasteiger partial charge in [-0.2, -0.15) is 13.2 Å². The van der Waals surface area contributed by atoms with Crippen molar-refractivity contribution in [2.24, 2.45) is 0 Å². The molecule has 2 aromatic rings. The van der Waals surface area contributed by atoms with Gasteiger partial charge in [-0.1, -0.05) is 31.4 Å². The normalized spacial score (nSPS) is 15.9. The lowest BCUT2D eigenvalue weighted by atomic mass is 9.93. The number of fused-ring (bicyclic) bond motifs is 1. The standard InChI is InChI=1S/C20H23F3N2O2/c1-12-8-9-14-10-15(18(26)24-17(14)13(12)2)11-25(19(27)20(21,22)23)16-6-4-3-5-7-16/h8-10,16H,3-7,11H2,1-2H3,(H,24,26). The molecule has 0 atom stereocenters. The number of H-pyrrole nitrogens is 1. The minimum Gasteiger partial charge on any atom is -0.327 e. The van der Waals surface area contributed by atoms with E-state index in [1.54, 1.807) is 6.07 Å². The largest absolute Gasteiger partial charge is 0.471 e. The van der Waals surface area contributed by atoms with Crippen LogP contribution in [-0.4, -0.2) is 28.0 Å². The average Bonchev–Trinajstić information content (AvgIpc) is 2.63. The summed E-state index contributed by atoms with van der Waals surface area (Å²) in [6.45, 7) is 3.48. The number of alkyl halides is 3. The van der Waals surface area contributed by atoms with Crippen molar-refractivity contribution < 1.29 is 18.0 Å². The Kier molecular flexibility index (Phi) is 5.31. The second kappa shape index (κ2) is 7.37. The average molecular weight is 380 g/mol. The molecule has 4 nitrogen and oxygen atoms in total. The van der Waals surface area contributed by atoms with Gasteiger partial charge in [-0.05, 0) is 49.3 Å². The summed E-state index contributed by atoms with van der Waals surface area (Å²) in [6, 6.07) is 4.84. The summed E-state index contributed by atoms with van der Waals surface area (Å²) in [5.41, 5.74) is 2.34. The Bertz CT molecular complexity index is 912. The van der Waals surface area contributed by atoms with Gasteiger partial charge in [0, 0.05) is 11.6 Å². The highest BCUT2D eigenvalue weighted by atomic mass is 19.4. The zero-order valence-corrected chi connectivity index (χ0v) is 15.4. The molecule has 1 aliphatic carbocycles. The van der Waals surface area contributed by atoms with Gasteiger partial charge in [-0.3, -0.25) is 9.59 Å². The number of aromatic nitrogens is 1. The molecule has 0 aliphatic heterocycles. The Hall–Kier alpha value is -2.31. The highest BCUT2D eigenvalue weighted by Gasteiger charge is 2.44. The highest BCUT2D eigenvalue weighted by molar-refractivity contribution is 5.84. The Labute approximate surface area is 155 Å². The van der Waals surface area contributed by atoms with Crippen molar-refractivity contribution >= 4 is 16.8 Å². The van der Waals surface area contributed by atoms with Gasteiger partial charge in [-0.25, -0.2) is 0 Å². The first kappa shape index (κ1) is 19.5. The molecular formula is C20H23F3N2O2. The van der Waals surface area contributed by atoms with E-state index >= 15 is 0 Å². The molecule has 1 amide bonds. The number of nitrogens with zero attached hydrogens (tertiary/aromatic N) is 1. The maximum absolute atomic E-state index is 13.1. The fourth-order valence-corrected chi connectivity index (χ4v) is 3.79. The molecule has 27 heavy (non-hydrogen) atoms. The number of hydrogen-bond acceptors (Lipinski definition) is 2. The van der Waals surface area contributed by atoms with Crippen LogP contribution in [0.3, 0.4) is 0 Å². The van der Waals surface area contributed by atoms with E-state index in [9.17, 15) is 22.8 Å². The van der Waals surface area contributed by atoms with Crippen molar-refractivity contribution in [1.29, 1.82) is 0 Å². The molecular weight excluding hydrogens is 357 g/mol. The second-order valence-electron chi connectivity index (χ2n) is 7.32. The monoisotopic (exact) mass is 380 g/mol. The van der Waals surface area contributed by atoms with Crippen LogP contribution in [0.15, 0.2) is 23.0 Å². The van der Waals surface area contributed by atoms with Gasteiger partial charge in [0.05, 0.1) is 12.1 Å². The van der Waals surface area contributed by atoms with Gasteiger partial charge in [0.1, 0.15) is 0 Å². The van der Waals surface area contributed by atoms with E-state index < -0.39 is 23.7 Å². The van der Waals surface area contributed by atoms with Crippen molar-refractivity contribution in [2.75, 3.05) is 0 Å². The lowest BCUT2D eigenvalue weighted by Gasteiger charge is -2.34. The molecule has 1 aliphatic rings. The fourth-order valence-electron chi connectivity index (χ4n) is 3.79. The first-order valence-electron chi connectivity index (χ1n) is 9.18. The van der Waals surface area contributed by atoms with Crippen molar-refractivity contribution in [3.63, 3.8) is 0 Å². The molecule has 0 unspecified atom stereocenters. The summed E-state index contributed by atoms with van der Waals surface area (Å²) in [5.74, 6) is -1.87. The molecule has 1 fully saturated rings. The molecule has 0 saturated heterocycles. The Morgan fingerprint density at radius 3 is 2.48 bits per heavy atom. The van der Waals surface area contributed by atoms with Crippen molar-refractivity contribution in [1.82, 2.24) is 9.88 Å². The molecule has 0 bridgehead atoms. The van der Waals surface area contributed by atoms with Crippen LogP contribution in [0.5, 0.6) is 0 Å². The maximum atomic E-state index is 13.1. The number of rotatable bonds is 3. The van der Waals surface area contributed by atoms with Gasteiger partial charge < -0.3 is 9.88 Å². The third-order valence-corrected chi connectivity index (χ3v) is 5.49. The Morgan fingerprint density at radius 1 is 1.19 bits per heavy atom. The fraction of sp³-hybridized carbons (Fsp3) is 0.500. The van der Waals surface area contributed by atoms with Crippen LogP contribution in [0.25, 0.3) is 10.9 Å². The molecule has 0 radical (unpaired) electrons. The molecule has 3 rings (SSSR count). The molecule has 1 aromatic heterocycles. The number of carbonyl (C=O) groups is 1. The van der Waals surface area contributed by atoms with E-state index in [1.165, 1.54) is 0 Å². The maximum Gasteiger partial charge on any atom is 0.471 e. The number of pyridine rings is 1. The lowest BCUT2D eigenvalue weighted by Crippen LogP contribution is -2.48. The van der Waals surface area contributed by atoms with E-state index in [0.717, 1.165) is 40.7 Å². The van der Waals surface area contributed by atoms with Crippen molar-refractivity contribution in [3.8, 4) is 0 Å². The summed E-state index contributed by atoms with van der Waals surface area (Å²) >= 11 is 0. The van der Waals surface area contributed by atoms with Crippen LogP contribution in [0.1, 0.15) is 48.8 Å². The predicted octanol–water partition coefficient (Wildman–Crippen LogP) is 4.37. The number of hydrogen-bond donors (Lipinski definition) is 1. The first-order valence-corrected chi connectivity index (χ1v) is 9.18. The lowest BCUT2D eigenvalue weighted by molar-refractivity contribution is -0.189. The number of aryl methyl sites for hydroxylation is 2. The third kappa shape index (κ3) is 4.01. The first-order chi connectivity index (χ1) is 12.7. The minimum atomic E-state index is -4.95. The second-order valence-corrected chi connectivity index (χ2v) is 7.32. The number of amides is 1. The number of carbonyl (C=O) groups excluding carboxylic acids is 1. The summed E-state index contributed by atoms with van der Waals surface area (Å²) in [4.78, 5) is 28.2. The van der Waals surface area contributed by atoms with Crippen LogP contribution in [0.2, 0.25) is 0 Å². The van der Waals surface area contributed by atoms with Crippen LogP contribution in [-0.2, 0) is 11.3 Å². The smallest absolute Gasteiger partial charge is 0.327 e. The van der Waals surface area contributed by atoms with Crippen molar-refractivity contribution in [2.45, 2.75) is 64.7 Å². The summed E-state index contributed by atoms with van der Waals surface area (Å²) < 4.78 is 39.4. The van der Waals surface area contributed by atoms with E-state index in [-0.39, 0.29) is 12.1 Å². The molecule has 0 spiro atoms. The molecule has 7 heteroatoms. The number of halogens is 3. The number of nitrogens with one attached hydrogen (secondary N) is 1. The third-order valence-electron chi connectivity index (χ3n) is 5.49. The molecule has 1 saturated carbocycles. The van der Waals surface area contributed by atoms with Gasteiger partial charge in [0.15, 0.2) is 0 Å². The van der Waals surface area contributed by atoms with E-state index in [2.05, 4.69) is 4.98 Å². The highest BCUT2D eigenvalue weighted by Crippen LogP contribution is 2.29. The molecule has 1 N–H and O–H groups in total. The Morgan fingerprint density at radius 2 is 1.85 bits per heavy atom. The van der Waals surface area contributed by atoms with Crippen molar-refractivity contribution in [3.05, 3.63) is 45.2 Å². The van der Waals surface area contributed by atoms with Crippen LogP contribution >= 0.6 is 0 Å². The molecule has 1 aromatic carbocycles. The summed E-state index contributed by atoms with van der Waals surface area (Å²) in [7, 11) is 0. The van der Waals surface area contributed by atoms with Gasteiger partial charge in [0.2, 0.25) is 0 Å². The van der Waals surface area contributed by atoms with Gasteiger partial charge in [0.25, 0.3) is 5.56 Å². The summed E-state index contributed by atoms with van der Waals surface area (Å²) in [5, 5.41) is 0.746.